The zero-order valence-corrected chi connectivity index (χ0v) is 11.9. The molecule has 0 aromatic heterocycles. The van der Waals surface area contributed by atoms with E-state index in [1.165, 1.54) is 0 Å². The van der Waals surface area contributed by atoms with Gasteiger partial charge in [-0.05, 0) is 11.1 Å². The molecule has 0 saturated heterocycles. The Labute approximate surface area is 118 Å². The van der Waals surface area contributed by atoms with Crippen LogP contribution < -0.4 is 16.2 Å². The van der Waals surface area contributed by atoms with Crippen molar-refractivity contribution in [2.75, 3.05) is 19.8 Å². The number of nitrogens with two attached hydrogens (primary N) is 2. The van der Waals surface area contributed by atoms with Gasteiger partial charge in [-0.15, -0.1) is 0 Å². The van der Waals surface area contributed by atoms with E-state index in [0.717, 1.165) is 5.56 Å². The lowest BCUT2D eigenvalue weighted by Crippen LogP contribution is -2.30. The molecule has 112 valence electrons. The van der Waals surface area contributed by atoms with Crippen LogP contribution in [-0.4, -0.2) is 34.1 Å². The maximum atomic E-state index is 11.9. The fourth-order valence-corrected chi connectivity index (χ4v) is 2.78. The average molecular weight is 301 g/mol. The van der Waals surface area contributed by atoms with E-state index in [4.69, 9.17) is 16.2 Å². The molecule has 0 unspecified atom stereocenters. The summed E-state index contributed by atoms with van der Waals surface area (Å²) in [7, 11) is -3.47. The fraction of sp³-hybridized carbons (Fsp3) is 0.417. The third kappa shape index (κ3) is 6.11. The summed E-state index contributed by atoms with van der Waals surface area (Å²) in [6, 6.07) is 7.09. The number of benzene rings is 1. The van der Waals surface area contributed by atoms with Gasteiger partial charge in [-0.2, -0.15) is 0 Å². The van der Waals surface area contributed by atoms with Gasteiger partial charge in [-0.3, -0.25) is 4.79 Å². The van der Waals surface area contributed by atoms with E-state index in [-0.39, 0.29) is 32.1 Å². The van der Waals surface area contributed by atoms with Gasteiger partial charge in [0.15, 0.2) is 0 Å². The Balaban J connectivity index is 2.47. The molecular weight excluding hydrogens is 282 g/mol. The second kappa shape index (κ2) is 7.95. The van der Waals surface area contributed by atoms with E-state index in [2.05, 4.69) is 4.72 Å². The lowest BCUT2D eigenvalue weighted by atomic mass is 10.1. The van der Waals surface area contributed by atoms with Crippen molar-refractivity contribution >= 4 is 15.9 Å². The summed E-state index contributed by atoms with van der Waals surface area (Å²) in [5, 5.41) is 0. The Hall–Kier alpha value is -1.48. The highest BCUT2D eigenvalue weighted by molar-refractivity contribution is 7.88. The van der Waals surface area contributed by atoms with Crippen molar-refractivity contribution < 1.29 is 17.9 Å². The molecule has 0 bridgehead atoms. The van der Waals surface area contributed by atoms with Gasteiger partial charge in [0.2, 0.25) is 15.9 Å². The van der Waals surface area contributed by atoms with E-state index in [1.807, 2.05) is 6.07 Å². The molecule has 5 N–H and O–H groups in total. The number of rotatable bonds is 9. The van der Waals surface area contributed by atoms with Crippen molar-refractivity contribution in [3.63, 3.8) is 0 Å². The molecule has 8 heteroatoms. The predicted octanol–water partition coefficient (Wildman–Crippen LogP) is -0.933. The number of hydrogen-bond donors (Lipinski definition) is 3. The zero-order valence-electron chi connectivity index (χ0n) is 11.0. The number of primary amides is 1. The number of hydrogen-bond acceptors (Lipinski definition) is 5. The highest BCUT2D eigenvalue weighted by Gasteiger charge is 2.13. The van der Waals surface area contributed by atoms with Crippen LogP contribution in [0, 0.1) is 0 Å². The van der Waals surface area contributed by atoms with Crippen molar-refractivity contribution in [2.45, 2.75) is 12.3 Å². The molecular formula is C12H19N3O4S. The summed E-state index contributed by atoms with van der Waals surface area (Å²) in [4.78, 5) is 10.4. The Bertz CT molecular complexity index is 545. The molecule has 0 saturated carbocycles. The quantitative estimate of drug-likeness (QED) is 0.508. The number of amides is 1. The first-order valence-corrected chi connectivity index (χ1v) is 7.70. The van der Waals surface area contributed by atoms with Crippen LogP contribution in [-0.2, 0) is 31.9 Å². The largest absolute Gasteiger partial charge is 0.370 e. The molecule has 1 aromatic carbocycles. The standard InChI is InChI=1S/C12H19N3O4S/c13-7-10-3-1-2-4-11(10)9-20(17,18)15-5-6-19-8-12(14)16/h1-4,15H,5-9,13H2,(H2,14,16). The first-order chi connectivity index (χ1) is 9.44. The van der Waals surface area contributed by atoms with Crippen LogP contribution in [0.2, 0.25) is 0 Å². The van der Waals surface area contributed by atoms with Crippen molar-refractivity contribution in [2.24, 2.45) is 11.5 Å². The summed E-state index contributed by atoms with van der Waals surface area (Å²) in [6.45, 7) is 0.228. The van der Waals surface area contributed by atoms with Crippen LogP contribution in [0.5, 0.6) is 0 Å². The molecule has 20 heavy (non-hydrogen) atoms. The van der Waals surface area contributed by atoms with Crippen LogP contribution in [0.1, 0.15) is 11.1 Å². The molecule has 0 atom stereocenters. The van der Waals surface area contributed by atoms with Gasteiger partial charge in [0.05, 0.1) is 12.4 Å². The minimum Gasteiger partial charge on any atom is -0.370 e. The van der Waals surface area contributed by atoms with Gasteiger partial charge in [0, 0.05) is 13.1 Å². The molecule has 1 rings (SSSR count). The smallest absolute Gasteiger partial charge is 0.243 e. The van der Waals surface area contributed by atoms with Crippen molar-refractivity contribution in [1.82, 2.24) is 4.72 Å². The van der Waals surface area contributed by atoms with Crippen molar-refractivity contribution in [1.29, 1.82) is 0 Å². The maximum Gasteiger partial charge on any atom is 0.243 e. The number of carbonyl (C=O) groups is 1. The van der Waals surface area contributed by atoms with Crippen molar-refractivity contribution in [3.8, 4) is 0 Å². The molecule has 1 aromatic rings. The van der Waals surface area contributed by atoms with Gasteiger partial charge in [-0.1, -0.05) is 24.3 Å². The summed E-state index contributed by atoms with van der Waals surface area (Å²) >= 11 is 0. The predicted molar refractivity (Wildman–Crippen MR) is 75.0 cm³/mol. The third-order valence-electron chi connectivity index (χ3n) is 2.50. The Morgan fingerprint density at radius 1 is 1.25 bits per heavy atom. The highest BCUT2D eigenvalue weighted by atomic mass is 32.2. The van der Waals surface area contributed by atoms with Gasteiger partial charge in [-0.25, -0.2) is 13.1 Å². The van der Waals surface area contributed by atoms with E-state index >= 15 is 0 Å². The van der Waals surface area contributed by atoms with E-state index in [1.54, 1.807) is 18.2 Å². The number of nitrogens with one attached hydrogen (secondary N) is 1. The number of sulfonamides is 1. The van der Waals surface area contributed by atoms with E-state index in [0.29, 0.717) is 5.56 Å². The highest BCUT2D eigenvalue weighted by Crippen LogP contribution is 2.11. The van der Waals surface area contributed by atoms with Gasteiger partial charge < -0.3 is 16.2 Å². The van der Waals surface area contributed by atoms with Crippen LogP contribution in [0.3, 0.4) is 0 Å². The first kappa shape index (κ1) is 16.6. The maximum absolute atomic E-state index is 11.9. The number of ether oxygens (including phenoxy) is 1. The van der Waals surface area contributed by atoms with E-state index in [9.17, 15) is 13.2 Å². The molecule has 0 radical (unpaired) electrons. The molecule has 7 nitrogen and oxygen atoms in total. The third-order valence-corrected chi connectivity index (χ3v) is 3.83. The van der Waals surface area contributed by atoms with Crippen LogP contribution in [0.4, 0.5) is 0 Å². The lowest BCUT2D eigenvalue weighted by Gasteiger charge is -2.09. The first-order valence-electron chi connectivity index (χ1n) is 6.05. The molecule has 0 aliphatic carbocycles. The minimum absolute atomic E-state index is 0.0837. The fourth-order valence-electron chi connectivity index (χ4n) is 1.60. The van der Waals surface area contributed by atoms with Crippen LogP contribution >= 0.6 is 0 Å². The minimum atomic E-state index is -3.47. The van der Waals surface area contributed by atoms with Gasteiger partial charge >= 0.3 is 0 Å². The van der Waals surface area contributed by atoms with Crippen LogP contribution in [0.25, 0.3) is 0 Å². The summed E-state index contributed by atoms with van der Waals surface area (Å²) in [5.74, 6) is -0.736. The molecule has 1 amide bonds. The topological polar surface area (TPSA) is 125 Å². The van der Waals surface area contributed by atoms with Crippen LogP contribution in [0.15, 0.2) is 24.3 Å². The van der Waals surface area contributed by atoms with E-state index < -0.39 is 15.9 Å². The Morgan fingerprint density at radius 2 is 1.90 bits per heavy atom. The Kier molecular flexibility index (Phi) is 6.59. The summed E-state index contributed by atoms with van der Waals surface area (Å²) in [5.41, 5.74) is 11.9. The second-order valence-electron chi connectivity index (χ2n) is 4.15. The lowest BCUT2D eigenvalue weighted by molar-refractivity contribution is -0.122. The average Bonchev–Trinajstić information content (AvgIpc) is 2.38. The zero-order chi connectivity index (χ0) is 15.0. The van der Waals surface area contributed by atoms with Gasteiger partial charge in [0.1, 0.15) is 6.61 Å². The second-order valence-corrected chi connectivity index (χ2v) is 5.95. The monoisotopic (exact) mass is 301 g/mol. The molecule has 0 spiro atoms. The molecule has 0 fully saturated rings. The normalized spacial score (nSPS) is 11.4. The number of carbonyl (C=O) groups excluding carboxylic acids is 1. The Morgan fingerprint density at radius 3 is 2.50 bits per heavy atom. The molecule has 0 aliphatic heterocycles. The molecule has 0 aliphatic rings. The van der Waals surface area contributed by atoms with Gasteiger partial charge in [0.25, 0.3) is 0 Å². The SMILES string of the molecule is NCc1ccccc1CS(=O)(=O)NCCOCC(N)=O. The van der Waals surface area contributed by atoms with Crippen molar-refractivity contribution in [3.05, 3.63) is 35.4 Å². The summed E-state index contributed by atoms with van der Waals surface area (Å²) < 4.78 is 31.0. The molecule has 0 heterocycles. The summed E-state index contributed by atoms with van der Waals surface area (Å²) in [6.07, 6.45) is 0.